The molecule has 1 aromatic carbocycles. The molecule has 0 spiro atoms. The third-order valence-corrected chi connectivity index (χ3v) is 4.66. The number of aryl methyl sites for hydroxylation is 1. The summed E-state index contributed by atoms with van der Waals surface area (Å²) in [6.45, 7) is 5.47. The quantitative estimate of drug-likeness (QED) is 0.629. The number of benzene rings is 1. The van der Waals surface area contributed by atoms with Crippen LogP contribution in [0.3, 0.4) is 0 Å². The van der Waals surface area contributed by atoms with E-state index in [-0.39, 0.29) is 5.41 Å². The minimum Gasteiger partial charge on any atom is -0.492 e. The highest BCUT2D eigenvalue weighted by Crippen LogP contribution is 2.38. The Kier molecular flexibility index (Phi) is 7.32. The molecule has 170 valence electrons. The summed E-state index contributed by atoms with van der Waals surface area (Å²) in [5.74, 6) is -2.72. The standard InChI is InChI=1S/C18H23N3O3.C2HF3O2/c1-18(2)11-24-16-7-12(4-5-14(16)18)8-19-15(17(22)23)6-13-9-20-21(3)10-13;3-2(4,5)1(6)7/h4-5,7,9-10,15,19H,6,8,11H2,1-3H3,(H,22,23);(H,6,7). The lowest BCUT2D eigenvalue weighted by Crippen LogP contribution is -2.38. The van der Waals surface area contributed by atoms with Gasteiger partial charge in [0, 0.05) is 37.2 Å². The van der Waals surface area contributed by atoms with Crippen molar-refractivity contribution in [3.63, 3.8) is 0 Å². The molecule has 3 rings (SSSR count). The van der Waals surface area contributed by atoms with Crippen LogP contribution in [0.5, 0.6) is 5.75 Å². The van der Waals surface area contributed by atoms with E-state index in [1.54, 1.807) is 10.9 Å². The lowest BCUT2D eigenvalue weighted by Gasteiger charge is -2.16. The van der Waals surface area contributed by atoms with Crippen LogP contribution in [0.25, 0.3) is 0 Å². The van der Waals surface area contributed by atoms with Crippen molar-refractivity contribution < 1.29 is 37.7 Å². The lowest BCUT2D eigenvalue weighted by atomic mass is 9.86. The van der Waals surface area contributed by atoms with Gasteiger partial charge in [0.2, 0.25) is 0 Å². The number of nitrogens with zero attached hydrogens (tertiary/aromatic N) is 2. The maximum Gasteiger partial charge on any atom is 0.490 e. The van der Waals surface area contributed by atoms with Gasteiger partial charge >= 0.3 is 18.1 Å². The maximum atomic E-state index is 11.5. The molecule has 2 heterocycles. The van der Waals surface area contributed by atoms with E-state index < -0.39 is 24.2 Å². The first kappa shape index (κ1) is 24.2. The van der Waals surface area contributed by atoms with Crippen molar-refractivity contribution in [3.05, 3.63) is 47.3 Å². The summed E-state index contributed by atoms with van der Waals surface area (Å²) in [6.07, 6.45) is -1.15. The van der Waals surface area contributed by atoms with Crippen molar-refractivity contribution in [3.8, 4) is 5.75 Å². The molecule has 11 heteroatoms. The molecule has 0 bridgehead atoms. The molecule has 8 nitrogen and oxygen atoms in total. The van der Waals surface area contributed by atoms with Gasteiger partial charge in [0.1, 0.15) is 11.8 Å². The highest BCUT2D eigenvalue weighted by molar-refractivity contribution is 5.74. The second kappa shape index (κ2) is 9.38. The van der Waals surface area contributed by atoms with Crippen LogP contribution < -0.4 is 10.1 Å². The zero-order chi connectivity index (χ0) is 23.4. The Morgan fingerprint density at radius 3 is 2.45 bits per heavy atom. The predicted octanol–water partition coefficient (Wildman–Crippen LogP) is 2.51. The van der Waals surface area contributed by atoms with E-state index in [4.69, 9.17) is 14.6 Å². The monoisotopic (exact) mass is 443 g/mol. The molecule has 0 saturated heterocycles. The third kappa shape index (κ3) is 6.71. The number of fused-ring (bicyclic) bond motifs is 1. The number of aromatic nitrogens is 2. The third-order valence-electron chi connectivity index (χ3n) is 4.66. The van der Waals surface area contributed by atoms with Crippen molar-refractivity contribution in [2.45, 2.75) is 44.4 Å². The summed E-state index contributed by atoms with van der Waals surface area (Å²) in [5.41, 5.74) is 3.15. The Balaban J connectivity index is 0.000000423. The molecule has 0 amide bonds. The first-order chi connectivity index (χ1) is 14.3. The molecule has 0 radical (unpaired) electrons. The molecule has 1 aliphatic heterocycles. The first-order valence-electron chi connectivity index (χ1n) is 9.29. The fraction of sp³-hybridized carbons (Fsp3) is 0.450. The van der Waals surface area contributed by atoms with Crippen LogP contribution >= 0.6 is 0 Å². The second-order valence-electron chi connectivity index (χ2n) is 7.80. The fourth-order valence-corrected chi connectivity index (χ4v) is 2.99. The molecule has 1 aromatic heterocycles. The molecular formula is C20H24F3N3O5. The van der Waals surface area contributed by atoms with E-state index in [1.807, 2.05) is 25.4 Å². The number of halogens is 3. The van der Waals surface area contributed by atoms with E-state index in [1.165, 1.54) is 5.56 Å². The lowest BCUT2D eigenvalue weighted by molar-refractivity contribution is -0.192. The van der Waals surface area contributed by atoms with Gasteiger partial charge in [0.15, 0.2) is 0 Å². The Bertz CT molecular complexity index is 940. The van der Waals surface area contributed by atoms with E-state index >= 15 is 0 Å². The van der Waals surface area contributed by atoms with Crippen LogP contribution in [0.1, 0.15) is 30.5 Å². The van der Waals surface area contributed by atoms with Gasteiger partial charge in [-0.05, 0) is 17.2 Å². The van der Waals surface area contributed by atoms with Gasteiger partial charge in [-0.15, -0.1) is 0 Å². The van der Waals surface area contributed by atoms with Crippen molar-refractivity contribution >= 4 is 11.9 Å². The minimum atomic E-state index is -5.08. The van der Waals surface area contributed by atoms with Gasteiger partial charge in [0.05, 0.1) is 12.8 Å². The topological polar surface area (TPSA) is 114 Å². The molecule has 0 aliphatic carbocycles. The average Bonchev–Trinajstić information content (AvgIpc) is 3.20. The molecule has 3 N–H and O–H groups in total. The predicted molar refractivity (Wildman–Crippen MR) is 104 cm³/mol. The molecule has 1 unspecified atom stereocenters. The van der Waals surface area contributed by atoms with Crippen molar-refractivity contribution in [1.82, 2.24) is 15.1 Å². The molecule has 1 atom stereocenters. The molecule has 1 aliphatic rings. The molecule has 0 fully saturated rings. The van der Waals surface area contributed by atoms with Crippen LogP contribution in [-0.2, 0) is 35.0 Å². The van der Waals surface area contributed by atoms with Crippen molar-refractivity contribution in [1.29, 1.82) is 0 Å². The smallest absolute Gasteiger partial charge is 0.490 e. The van der Waals surface area contributed by atoms with E-state index in [0.29, 0.717) is 19.6 Å². The number of nitrogens with one attached hydrogen (secondary N) is 1. The van der Waals surface area contributed by atoms with E-state index in [2.05, 4.69) is 30.3 Å². The van der Waals surface area contributed by atoms with Crippen molar-refractivity contribution in [2.24, 2.45) is 7.05 Å². The second-order valence-corrected chi connectivity index (χ2v) is 7.80. The van der Waals surface area contributed by atoms with Gasteiger partial charge in [-0.1, -0.05) is 26.0 Å². The number of rotatable bonds is 6. The molecule has 0 saturated carbocycles. The Morgan fingerprint density at radius 1 is 1.29 bits per heavy atom. The summed E-state index contributed by atoms with van der Waals surface area (Å²) in [5, 5.41) is 23.7. The number of carbonyl (C=O) groups is 2. The normalized spacial score (nSPS) is 15.3. The number of carboxylic acids is 2. The number of alkyl halides is 3. The summed E-state index contributed by atoms with van der Waals surface area (Å²) in [6, 6.07) is 5.46. The molecule has 2 aromatic rings. The van der Waals surface area contributed by atoms with Crippen LogP contribution in [0.15, 0.2) is 30.6 Å². The maximum absolute atomic E-state index is 11.5. The van der Waals surface area contributed by atoms with Gasteiger partial charge in [-0.2, -0.15) is 18.3 Å². The minimum absolute atomic E-state index is 0.0329. The van der Waals surface area contributed by atoms with Gasteiger partial charge in [-0.25, -0.2) is 4.79 Å². The number of aliphatic carboxylic acids is 2. The summed E-state index contributed by atoms with van der Waals surface area (Å²) < 4.78 is 39.2. The van der Waals surface area contributed by atoms with E-state index in [0.717, 1.165) is 16.9 Å². The number of ether oxygens (including phenoxy) is 1. The van der Waals surface area contributed by atoms with Crippen molar-refractivity contribution in [2.75, 3.05) is 6.61 Å². The highest BCUT2D eigenvalue weighted by Gasteiger charge is 2.38. The molecule has 31 heavy (non-hydrogen) atoms. The number of hydrogen-bond acceptors (Lipinski definition) is 5. The van der Waals surface area contributed by atoms with Crippen LogP contribution in [0.4, 0.5) is 13.2 Å². The van der Waals surface area contributed by atoms with E-state index in [9.17, 15) is 23.1 Å². The first-order valence-corrected chi connectivity index (χ1v) is 9.29. The largest absolute Gasteiger partial charge is 0.492 e. The zero-order valence-corrected chi connectivity index (χ0v) is 17.2. The number of hydrogen-bond donors (Lipinski definition) is 3. The fourth-order valence-electron chi connectivity index (χ4n) is 2.99. The van der Waals surface area contributed by atoms with Gasteiger partial charge in [0.25, 0.3) is 0 Å². The number of carboxylic acid groups (broad SMARTS) is 2. The summed E-state index contributed by atoms with van der Waals surface area (Å²) >= 11 is 0. The van der Waals surface area contributed by atoms with Gasteiger partial charge in [-0.3, -0.25) is 9.48 Å². The Labute approximate surface area is 176 Å². The molecular weight excluding hydrogens is 419 g/mol. The van der Waals surface area contributed by atoms with Crippen LogP contribution in [0, 0.1) is 0 Å². The zero-order valence-electron chi connectivity index (χ0n) is 17.2. The average molecular weight is 443 g/mol. The summed E-state index contributed by atoms with van der Waals surface area (Å²) in [4.78, 5) is 20.4. The van der Waals surface area contributed by atoms with Gasteiger partial charge < -0.3 is 20.3 Å². The Hall–Kier alpha value is -3.08. The summed E-state index contributed by atoms with van der Waals surface area (Å²) in [7, 11) is 1.82. The Morgan fingerprint density at radius 2 is 1.94 bits per heavy atom. The van der Waals surface area contributed by atoms with Crippen LogP contribution in [0.2, 0.25) is 0 Å². The highest BCUT2D eigenvalue weighted by atomic mass is 19.4. The SMILES string of the molecule is Cn1cc(CC(NCc2ccc3c(c2)OCC3(C)C)C(=O)O)cn1.O=C(O)C(F)(F)F. The van der Waals surface area contributed by atoms with Crippen LogP contribution in [-0.4, -0.2) is 50.8 Å².